The third kappa shape index (κ3) is 8.23. The Morgan fingerprint density at radius 2 is 1.43 bits per heavy atom. The lowest BCUT2D eigenvalue weighted by Gasteiger charge is -2.24. The molecule has 124 valence electrons. The maximum Gasteiger partial charge on any atom is 0.309 e. The van der Waals surface area contributed by atoms with Gasteiger partial charge in [0.15, 0.2) is 0 Å². The van der Waals surface area contributed by atoms with E-state index in [1.807, 2.05) is 6.92 Å². The van der Waals surface area contributed by atoms with Gasteiger partial charge in [-0.1, -0.05) is 59.8 Å². The molecule has 0 spiro atoms. The van der Waals surface area contributed by atoms with Crippen molar-refractivity contribution < 1.29 is 14.3 Å². The molecule has 0 N–H and O–H groups in total. The lowest BCUT2D eigenvalue weighted by atomic mass is 9.81. The number of ether oxygens (including phenoxy) is 1. The summed E-state index contributed by atoms with van der Waals surface area (Å²) in [7, 11) is 0. The first kappa shape index (κ1) is 20.1. The summed E-state index contributed by atoms with van der Waals surface area (Å²) in [5.74, 6) is -0.344. The van der Waals surface area contributed by atoms with Crippen LogP contribution in [0.4, 0.5) is 0 Å². The highest BCUT2D eigenvalue weighted by molar-refractivity contribution is 5.86. The lowest BCUT2D eigenvalue weighted by molar-refractivity contribution is -0.153. The Balaban J connectivity index is 4.53. The van der Waals surface area contributed by atoms with Crippen LogP contribution in [0.2, 0.25) is 0 Å². The summed E-state index contributed by atoms with van der Waals surface area (Å²) in [5, 5.41) is 0. The average molecular weight is 298 g/mol. The van der Waals surface area contributed by atoms with Crippen LogP contribution < -0.4 is 0 Å². The summed E-state index contributed by atoms with van der Waals surface area (Å²) in [6.07, 6.45) is 8.29. The van der Waals surface area contributed by atoms with E-state index in [1.54, 1.807) is 0 Å². The third-order valence-electron chi connectivity index (χ3n) is 3.99. The van der Waals surface area contributed by atoms with Gasteiger partial charge in [0.2, 0.25) is 0 Å². The largest absolute Gasteiger partial charge is 0.465 e. The van der Waals surface area contributed by atoms with Gasteiger partial charge in [-0.25, -0.2) is 0 Å². The summed E-state index contributed by atoms with van der Waals surface area (Å²) in [6.45, 7) is 8.66. The van der Waals surface area contributed by atoms with Gasteiger partial charge in [0.25, 0.3) is 0 Å². The van der Waals surface area contributed by atoms with E-state index in [4.69, 9.17) is 4.74 Å². The lowest BCUT2D eigenvalue weighted by Crippen LogP contribution is -2.31. The van der Waals surface area contributed by atoms with E-state index in [0.717, 1.165) is 38.5 Å². The van der Waals surface area contributed by atoms with Gasteiger partial charge in [-0.15, -0.1) is 0 Å². The molecular weight excluding hydrogens is 264 g/mol. The van der Waals surface area contributed by atoms with Crippen LogP contribution in [0.1, 0.15) is 85.5 Å². The zero-order valence-corrected chi connectivity index (χ0v) is 14.5. The molecule has 0 aromatic carbocycles. The van der Waals surface area contributed by atoms with Gasteiger partial charge in [-0.05, 0) is 19.3 Å². The monoisotopic (exact) mass is 298 g/mol. The Morgan fingerprint density at radius 1 is 0.810 bits per heavy atom. The summed E-state index contributed by atoms with van der Waals surface area (Å²) >= 11 is 0. The molecule has 0 aliphatic carbocycles. The van der Waals surface area contributed by atoms with E-state index < -0.39 is 0 Å². The number of hydrogen-bond acceptors (Lipinski definition) is 3. The smallest absolute Gasteiger partial charge is 0.309 e. The van der Waals surface area contributed by atoms with Crippen molar-refractivity contribution in [3.63, 3.8) is 0 Å². The Bertz CT molecular complexity index is 286. The van der Waals surface area contributed by atoms with Crippen molar-refractivity contribution in [2.75, 3.05) is 6.61 Å². The van der Waals surface area contributed by atoms with Crippen LogP contribution >= 0.6 is 0 Å². The van der Waals surface area contributed by atoms with E-state index in [1.165, 1.54) is 12.8 Å². The van der Waals surface area contributed by atoms with Gasteiger partial charge in [0.1, 0.15) is 5.78 Å². The van der Waals surface area contributed by atoms with Gasteiger partial charge in [-0.3, -0.25) is 9.59 Å². The van der Waals surface area contributed by atoms with Gasteiger partial charge in [0, 0.05) is 12.3 Å². The van der Waals surface area contributed by atoms with E-state index >= 15 is 0 Å². The Kier molecular flexibility index (Phi) is 12.3. The number of rotatable bonds is 13. The van der Waals surface area contributed by atoms with Crippen LogP contribution in [0.25, 0.3) is 0 Å². The van der Waals surface area contributed by atoms with Gasteiger partial charge in [0.05, 0.1) is 12.5 Å². The van der Waals surface area contributed by atoms with Crippen molar-refractivity contribution >= 4 is 11.8 Å². The van der Waals surface area contributed by atoms with Crippen LogP contribution in [0.15, 0.2) is 0 Å². The number of carbonyl (C=O) groups is 2. The maximum absolute atomic E-state index is 12.3. The van der Waals surface area contributed by atoms with Gasteiger partial charge >= 0.3 is 5.97 Å². The first-order valence-electron chi connectivity index (χ1n) is 8.81. The fourth-order valence-corrected chi connectivity index (χ4v) is 2.76. The zero-order valence-electron chi connectivity index (χ0n) is 14.5. The minimum Gasteiger partial charge on any atom is -0.465 e. The van der Waals surface area contributed by atoms with Crippen molar-refractivity contribution in [1.29, 1.82) is 0 Å². The summed E-state index contributed by atoms with van der Waals surface area (Å²) in [6, 6.07) is 0. The number of hydrogen-bond donors (Lipinski definition) is 0. The molecule has 0 aromatic rings. The standard InChI is InChI=1S/C18H34O3/c1-5-9-10-11-14-21-18(20)16(13-7-3)15(12-6-2)17(19)8-4/h15-16H,5-14H2,1-4H3. The predicted octanol–water partition coefficient (Wildman–Crippen LogP) is 4.92. The fourth-order valence-electron chi connectivity index (χ4n) is 2.76. The van der Waals surface area contributed by atoms with Crippen LogP contribution in [-0.4, -0.2) is 18.4 Å². The Labute approximate surface area is 130 Å². The van der Waals surface area contributed by atoms with Crippen molar-refractivity contribution in [2.24, 2.45) is 11.8 Å². The summed E-state index contributed by atoms with van der Waals surface area (Å²) < 4.78 is 5.43. The number of ketones is 1. The molecule has 0 aromatic heterocycles. The highest BCUT2D eigenvalue weighted by Crippen LogP contribution is 2.26. The quantitative estimate of drug-likeness (QED) is 0.358. The molecule has 0 rings (SSSR count). The molecule has 0 fully saturated rings. The second-order valence-electron chi connectivity index (χ2n) is 5.84. The molecule has 0 saturated carbocycles. The highest BCUT2D eigenvalue weighted by Gasteiger charge is 2.32. The Hall–Kier alpha value is -0.860. The first-order valence-corrected chi connectivity index (χ1v) is 8.81. The normalized spacial score (nSPS) is 13.7. The Morgan fingerprint density at radius 3 is 1.95 bits per heavy atom. The first-order chi connectivity index (χ1) is 10.1. The molecule has 0 bridgehead atoms. The number of unbranched alkanes of at least 4 members (excludes halogenated alkanes) is 3. The topological polar surface area (TPSA) is 43.4 Å². The van der Waals surface area contributed by atoms with Gasteiger partial charge < -0.3 is 4.74 Å². The minimum absolute atomic E-state index is 0.150. The molecule has 0 heterocycles. The summed E-state index contributed by atoms with van der Waals surface area (Å²) in [4.78, 5) is 24.5. The molecule has 0 amide bonds. The zero-order chi connectivity index (χ0) is 16.1. The van der Waals surface area contributed by atoms with E-state index in [9.17, 15) is 9.59 Å². The van der Waals surface area contributed by atoms with Crippen molar-refractivity contribution in [1.82, 2.24) is 0 Å². The molecule has 21 heavy (non-hydrogen) atoms. The van der Waals surface area contributed by atoms with Crippen LogP contribution in [-0.2, 0) is 14.3 Å². The van der Waals surface area contributed by atoms with Gasteiger partial charge in [-0.2, -0.15) is 0 Å². The minimum atomic E-state index is -0.242. The number of carbonyl (C=O) groups excluding carboxylic acids is 2. The van der Waals surface area contributed by atoms with Crippen LogP contribution in [0.3, 0.4) is 0 Å². The average Bonchev–Trinajstić information content (AvgIpc) is 2.49. The molecule has 3 nitrogen and oxygen atoms in total. The molecule has 0 aliphatic heterocycles. The predicted molar refractivity (Wildman–Crippen MR) is 87.2 cm³/mol. The summed E-state index contributed by atoms with van der Waals surface area (Å²) in [5.41, 5.74) is 0. The van der Waals surface area contributed by atoms with Crippen molar-refractivity contribution in [3.8, 4) is 0 Å². The van der Waals surface area contributed by atoms with Crippen LogP contribution in [0.5, 0.6) is 0 Å². The van der Waals surface area contributed by atoms with Crippen molar-refractivity contribution in [2.45, 2.75) is 85.5 Å². The molecule has 0 aliphatic rings. The second kappa shape index (κ2) is 12.8. The molecule has 2 atom stereocenters. The van der Waals surface area contributed by atoms with Crippen LogP contribution in [0, 0.1) is 11.8 Å². The number of Topliss-reactive ketones (excluding diaryl/α,β-unsaturated/α-hetero) is 1. The molecule has 0 saturated heterocycles. The third-order valence-corrected chi connectivity index (χ3v) is 3.99. The molecule has 0 radical (unpaired) electrons. The van der Waals surface area contributed by atoms with Crippen molar-refractivity contribution in [3.05, 3.63) is 0 Å². The molecular formula is C18H34O3. The number of esters is 1. The SMILES string of the molecule is CCCCCCOC(=O)C(CCC)C(CCC)C(=O)CC. The van der Waals surface area contributed by atoms with E-state index in [0.29, 0.717) is 13.0 Å². The molecule has 2 unspecified atom stereocenters. The van der Waals surface area contributed by atoms with E-state index in [2.05, 4.69) is 20.8 Å². The highest BCUT2D eigenvalue weighted by atomic mass is 16.5. The fraction of sp³-hybridized carbons (Fsp3) is 0.889. The molecule has 3 heteroatoms. The second-order valence-corrected chi connectivity index (χ2v) is 5.84. The van der Waals surface area contributed by atoms with E-state index in [-0.39, 0.29) is 23.6 Å². The maximum atomic E-state index is 12.3.